The summed E-state index contributed by atoms with van der Waals surface area (Å²) in [7, 11) is 0. The van der Waals surface area contributed by atoms with E-state index in [0.29, 0.717) is 18.8 Å². The number of hydrogen-bond donors (Lipinski definition) is 1. The topological polar surface area (TPSA) is 73.0 Å². The Bertz CT molecular complexity index is 592. The van der Waals surface area contributed by atoms with E-state index in [2.05, 4.69) is 10.4 Å². The Hall–Kier alpha value is -2.37. The van der Waals surface area contributed by atoms with Gasteiger partial charge in [-0.25, -0.2) is 0 Å². The third-order valence-corrected chi connectivity index (χ3v) is 2.93. The van der Waals surface area contributed by atoms with Gasteiger partial charge in [-0.1, -0.05) is 12.1 Å². The van der Waals surface area contributed by atoms with Crippen molar-refractivity contribution in [3.05, 3.63) is 51.8 Å². The van der Waals surface area contributed by atoms with Crippen LogP contribution >= 0.6 is 0 Å². The first-order chi connectivity index (χ1) is 9.13. The predicted molar refractivity (Wildman–Crippen MR) is 73.3 cm³/mol. The van der Waals surface area contributed by atoms with E-state index in [1.807, 2.05) is 30.7 Å². The molecule has 6 nitrogen and oxygen atoms in total. The molecule has 6 heteroatoms. The standard InChI is InChI=1S/C13H16N4O2/c1-3-14-13-11(5-4-6-12(13)17(18)19)9-16-10(2)7-8-15-16/h4-8,14H,3,9H2,1-2H3. The maximum atomic E-state index is 11.1. The number of nitrogens with zero attached hydrogens (tertiary/aromatic N) is 3. The molecule has 0 aliphatic carbocycles. The largest absolute Gasteiger partial charge is 0.379 e. The highest BCUT2D eigenvalue weighted by atomic mass is 16.6. The molecule has 100 valence electrons. The van der Waals surface area contributed by atoms with Crippen LogP contribution in [0.25, 0.3) is 0 Å². The summed E-state index contributed by atoms with van der Waals surface area (Å²) < 4.78 is 1.82. The summed E-state index contributed by atoms with van der Waals surface area (Å²) in [6.45, 7) is 5.02. The van der Waals surface area contributed by atoms with Crippen LogP contribution in [0.2, 0.25) is 0 Å². The van der Waals surface area contributed by atoms with Gasteiger partial charge in [-0.3, -0.25) is 14.8 Å². The van der Waals surface area contributed by atoms with E-state index in [1.165, 1.54) is 6.07 Å². The van der Waals surface area contributed by atoms with Gasteiger partial charge in [-0.15, -0.1) is 0 Å². The summed E-state index contributed by atoms with van der Waals surface area (Å²) in [6, 6.07) is 7.00. The van der Waals surface area contributed by atoms with Crippen molar-refractivity contribution in [2.45, 2.75) is 20.4 Å². The van der Waals surface area contributed by atoms with Gasteiger partial charge < -0.3 is 5.32 Å². The van der Waals surface area contributed by atoms with Crippen LogP contribution < -0.4 is 5.32 Å². The fraction of sp³-hybridized carbons (Fsp3) is 0.308. The molecular formula is C13H16N4O2. The minimum absolute atomic E-state index is 0.101. The molecule has 2 rings (SSSR count). The number of anilines is 1. The Balaban J connectivity index is 2.42. The normalized spacial score (nSPS) is 10.4. The molecule has 0 bridgehead atoms. The number of hydrogen-bond acceptors (Lipinski definition) is 4. The van der Waals surface area contributed by atoms with E-state index in [1.54, 1.807) is 12.3 Å². The highest BCUT2D eigenvalue weighted by molar-refractivity contribution is 5.66. The van der Waals surface area contributed by atoms with Crippen LogP contribution in [-0.2, 0) is 6.54 Å². The van der Waals surface area contributed by atoms with E-state index >= 15 is 0 Å². The number of benzene rings is 1. The van der Waals surface area contributed by atoms with Crippen LogP contribution in [0.4, 0.5) is 11.4 Å². The molecule has 1 N–H and O–H groups in total. The van der Waals surface area contributed by atoms with Crippen molar-refractivity contribution in [1.82, 2.24) is 9.78 Å². The molecule has 0 amide bonds. The SMILES string of the molecule is CCNc1c(Cn2nccc2C)cccc1[N+](=O)[O-]. The van der Waals surface area contributed by atoms with Crippen LogP contribution in [0.5, 0.6) is 0 Å². The quantitative estimate of drug-likeness (QED) is 0.662. The average Bonchev–Trinajstić information content (AvgIpc) is 2.77. The van der Waals surface area contributed by atoms with Gasteiger partial charge in [0.2, 0.25) is 0 Å². The molecule has 0 aliphatic heterocycles. The fourth-order valence-electron chi connectivity index (χ4n) is 1.98. The summed E-state index contributed by atoms with van der Waals surface area (Å²) in [6.07, 6.45) is 1.72. The number of nitrogens with one attached hydrogen (secondary N) is 1. The van der Waals surface area contributed by atoms with Crippen molar-refractivity contribution in [2.75, 3.05) is 11.9 Å². The Morgan fingerprint density at radius 1 is 1.42 bits per heavy atom. The maximum Gasteiger partial charge on any atom is 0.292 e. The van der Waals surface area contributed by atoms with E-state index < -0.39 is 0 Å². The van der Waals surface area contributed by atoms with Gasteiger partial charge in [0.15, 0.2) is 0 Å². The smallest absolute Gasteiger partial charge is 0.292 e. The number of aromatic nitrogens is 2. The van der Waals surface area contributed by atoms with Gasteiger partial charge in [0.05, 0.1) is 11.5 Å². The van der Waals surface area contributed by atoms with Gasteiger partial charge in [0, 0.05) is 30.1 Å². The first-order valence-corrected chi connectivity index (χ1v) is 6.12. The Kier molecular flexibility index (Phi) is 3.79. The van der Waals surface area contributed by atoms with Gasteiger partial charge >= 0.3 is 0 Å². The van der Waals surface area contributed by atoms with Crippen molar-refractivity contribution in [3.8, 4) is 0 Å². The molecule has 0 radical (unpaired) electrons. The lowest BCUT2D eigenvalue weighted by Crippen LogP contribution is -2.09. The summed E-state index contributed by atoms with van der Waals surface area (Å²) in [5, 5.41) is 18.3. The summed E-state index contributed by atoms with van der Waals surface area (Å²) >= 11 is 0. The van der Waals surface area contributed by atoms with Crippen molar-refractivity contribution >= 4 is 11.4 Å². The van der Waals surface area contributed by atoms with Gasteiger partial charge in [-0.2, -0.15) is 5.10 Å². The first kappa shape index (κ1) is 13.1. The zero-order valence-corrected chi connectivity index (χ0v) is 11.0. The molecule has 2 aromatic rings. The minimum atomic E-state index is -0.364. The fourth-order valence-corrected chi connectivity index (χ4v) is 1.98. The van der Waals surface area contributed by atoms with Gasteiger partial charge in [0.25, 0.3) is 5.69 Å². The average molecular weight is 260 g/mol. The minimum Gasteiger partial charge on any atom is -0.379 e. The van der Waals surface area contributed by atoms with E-state index in [-0.39, 0.29) is 10.6 Å². The van der Waals surface area contributed by atoms with Crippen LogP contribution in [-0.4, -0.2) is 21.2 Å². The molecule has 0 fully saturated rings. The molecule has 1 heterocycles. The molecule has 1 aromatic carbocycles. The zero-order valence-electron chi connectivity index (χ0n) is 11.0. The predicted octanol–water partition coefficient (Wildman–Crippen LogP) is 2.58. The first-order valence-electron chi connectivity index (χ1n) is 6.12. The number of rotatable bonds is 5. The van der Waals surface area contributed by atoms with Crippen molar-refractivity contribution < 1.29 is 4.92 Å². The second-order valence-electron chi connectivity index (χ2n) is 4.23. The number of aryl methyl sites for hydroxylation is 1. The van der Waals surface area contributed by atoms with Crippen LogP contribution in [0.3, 0.4) is 0 Å². The molecule has 0 aliphatic rings. The van der Waals surface area contributed by atoms with Crippen molar-refractivity contribution in [1.29, 1.82) is 0 Å². The zero-order chi connectivity index (χ0) is 13.8. The molecule has 0 atom stereocenters. The molecule has 0 saturated carbocycles. The summed E-state index contributed by atoms with van der Waals surface area (Å²) in [5.74, 6) is 0. The van der Waals surface area contributed by atoms with Gasteiger partial charge in [-0.05, 0) is 19.9 Å². The molecule has 0 unspecified atom stereocenters. The lowest BCUT2D eigenvalue weighted by Gasteiger charge is -2.12. The lowest BCUT2D eigenvalue weighted by molar-refractivity contribution is -0.384. The molecule has 0 saturated heterocycles. The summed E-state index contributed by atoms with van der Waals surface area (Å²) in [5.41, 5.74) is 2.56. The van der Waals surface area contributed by atoms with Crippen LogP contribution in [0, 0.1) is 17.0 Å². The number of nitro groups is 1. The molecule has 0 spiro atoms. The number of para-hydroxylation sites is 1. The van der Waals surface area contributed by atoms with Crippen LogP contribution in [0.1, 0.15) is 18.2 Å². The molecule has 19 heavy (non-hydrogen) atoms. The Morgan fingerprint density at radius 3 is 2.79 bits per heavy atom. The summed E-state index contributed by atoms with van der Waals surface area (Å²) in [4.78, 5) is 10.7. The van der Waals surface area contributed by atoms with E-state index in [9.17, 15) is 10.1 Å². The Morgan fingerprint density at radius 2 is 2.21 bits per heavy atom. The lowest BCUT2D eigenvalue weighted by atomic mass is 10.1. The maximum absolute atomic E-state index is 11.1. The second kappa shape index (κ2) is 5.51. The van der Waals surface area contributed by atoms with Crippen LogP contribution in [0.15, 0.2) is 30.5 Å². The Labute approximate surface area is 111 Å². The highest BCUT2D eigenvalue weighted by Crippen LogP contribution is 2.28. The van der Waals surface area contributed by atoms with E-state index in [4.69, 9.17) is 0 Å². The van der Waals surface area contributed by atoms with Gasteiger partial charge in [0.1, 0.15) is 5.69 Å². The third-order valence-electron chi connectivity index (χ3n) is 2.93. The van der Waals surface area contributed by atoms with Crippen molar-refractivity contribution in [2.24, 2.45) is 0 Å². The number of nitro benzene ring substituents is 1. The van der Waals surface area contributed by atoms with E-state index in [0.717, 1.165) is 11.3 Å². The molecular weight excluding hydrogens is 244 g/mol. The monoisotopic (exact) mass is 260 g/mol. The molecule has 1 aromatic heterocycles. The second-order valence-corrected chi connectivity index (χ2v) is 4.23. The van der Waals surface area contributed by atoms with Crippen molar-refractivity contribution in [3.63, 3.8) is 0 Å². The highest BCUT2D eigenvalue weighted by Gasteiger charge is 2.17. The third kappa shape index (κ3) is 2.73.